The zero-order valence-corrected chi connectivity index (χ0v) is 12.2. The van der Waals surface area contributed by atoms with Gasteiger partial charge >= 0.3 is 0 Å². The fourth-order valence-electron chi connectivity index (χ4n) is 3.08. The quantitative estimate of drug-likeness (QED) is 0.814. The molecular formula is C16H23N3O2. The van der Waals surface area contributed by atoms with Crippen molar-refractivity contribution in [2.24, 2.45) is 23.3 Å². The Morgan fingerprint density at radius 3 is 2.52 bits per heavy atom. The van der Waals surface area contributed by atoms with Gasteiger partial charge in [0.1, 0.15) is 0 Å². The third-order valence-corrected chi connectivity index (χ3v) is 4.15. The maximum Gasteiger partial charge on any atom is 0.237 e. The van der Waals surface area contributed by atoms with Gasteiger partial charge in [-0.15, -0.1) is 0 Å². The van der Waals surface area contributed by atoms with Crippen molar-refractivity contribution >= 4 is 11.8 Å². The van der Waals surface area contributed by atoms with Gasteiger partial charge in [-0.1, -0.05) is 36.8 Å². The summed E-state index contributed by atoms with van der Waals surface area (Å²) in [4.78, 5) is 25.6. The minimum Gasteiger partial charge on any atom is -0.368 e. The second kappa shape index (κ2) is 7.22. The van der Waals surface area contributed by atoms with E-state index in [9.17, 15) is 9.59 Å². The van der Waals surface area contributed by atoms with Gasteiger partial charge in [-0.2, -0.15) is 0 Å². The van der Waals surface area contributed by atoms with Crippen LogP contribution in [0, 0.1) is 11.8 Å². The molecule has 4 N–H and O–H groups in total. The molecule has 5 heteroatoms. The molecule has 2 amide bonds. The molecule has 2 atom stereocenters. The molecule has 0 aliphatic heterocycles. The van der Waals surface area contributed by atoms with Gasteiger partial charge in [0.05, 0.1) is 6.54 Å². The number of primary amides is 1. The molecule has 1 aromatic rings. The summed E-state index contributed by atoms with van der Waals surface area (Å²) >= 11 is 0. The van der Waals surface area contributed by atoms with Crippen molar-refractivity contribution in [2.45, 2.75) is 25.8 Å². The van der Waals surface area contributed by atoms with Crippen LogP contribution in [0.1, 0.15) is 24.8 Å². The first-order chi connectivity index (χ1) is 10.1. The number of benzene rings is 1. The van der Waals surface area contributed by atoms with Gasteiger partial charge in [-0.05, 0) is 30.9 Å². The molecule has 1 aromatic carbocycles. The predicted octanol–water partition coefficient (Wildman–Crippen LogP) is 0.876. The number of rotatable bonds is 6. The van der Waals surface area contributed by atoms with E-state index < -0.39 is 5.91 Å². The third kappa shape index (κ3) is 4.04. The Labute approximate surface area is 125 Å². The van der Waals surface area contributed by atoms with Crippen LogP contribution in [0.4, 0.5) is 0 Å². The Bertz CT molecular complexity index is 490. The molecule has 114 valence electrons. The van der Waals surface area contributed by atoms with Gasteiger partial charge in [-0.25, -0.2) is 0 Å². The Morgan fingerprint density at radius 2 is 1.90 bits per heavy atom. The molecule has 2 rings (SSSR count). The highest BCUT2D eigenvalue weighted by Crippen LogP contribution is 2.32. The lowest BCUT2D eigenvalue weighted by Gasteiger charge is -2.27. The van der Waals surface area contributed by atoms with Crippen LogP contribution < -0.4 is 11.5 Å². The van der Waals surface area contributed by atoms with Gasteiger partial charge in [0.15, 0.2) is 0 Å². The van der Waals surface area contributed by atoms with Crippen LogP contribution in [0.3, 0.4) is 0 Å². The summed E-state index contributed by atoms with van der Waals surface area (Å²) in [5.41, 5.74) is 12.0. The van der Waals surface area contributed by atoms with Crippen molar-refractivity contribution < 1.29 is 9.59 Å². The van der Waals surface area contributed by atoms with Crippen molar-refractivity contribution in [3.8, 4) is 0 Å². The molecule has 0 spiro atoms. The van der Waals surface area contributed by atoms with Gasteiger partial charge in [0.25, 0.3) is 0 Å². The zero-order chi connectivity index (χ0) is 15.2. The number of carbonyl (C=O) groups excluding carboxylic acids is 2. The normalized spacial score (nSPS) is 21.2. The van der Waals surface area contributed by atoms with Gasteiger partial charge in [0, 0.05) is 12.5 Å². The largest absolute Gasteiger partial charge is 0.368 e. The third-order valence-electron chi connectivity index (χ3n) is 4.15. The lowest BCUT2D eigenvalue weighted by Crippen LogP contribution is -2.43. The Hall–Kier alpha value is -1.88. The SMILES string of the molecule is NC[C@H]1CCC[C@H]1C(=O)N(CC(N)=O)Cc1ccccc1. The summed E-state index contributed by atoms with van der Waals surface area (Å²) < 4.78 is 0. The van der Waals surface area contributed by atoms with Crippen molar-refractivity contribution in [3.05, 3.63) is 35.9 Å². The molecule has 1 saturated carbocycles. The molecule has 0 aromatic heterocycles. The minimum atomic E-state index is -0.485. The highest BCUT2D eigenvalue weighted by Gasteiger charge is 2.35. The first kappa shape index (κ1) is 15.5. The summed E-state index contributed by atoms with van der Waals surface area (Å²) in [7, 11) is 0. The summed E-state index contributed by atoms with van der Waals surface area (Å²) in [6, 6.07) is 9.64. The first-order valence-corrected chi connectivity index (χ1v) is 7.43. The topological polar surface area (TPSA) is 89.4 Å². The molecule has 21 heavy (non-hydrogen) atoms. The van der Waals surface area contributed by atoms with E-state index in [4.69, 9.17) is 11.5 Å². The maximum atomic E-state index is 12.7. The standard InChI is InChI=1S/C16H23N3O2/c17-9-13-7-4-8-14(13)16(21)19(11-15(18)20)10-12-5-2-1-3-6-12/h1-3,5-6,13-14H,4,7-11,17H2,(H2,18,20)/t13-,14-/m1/s1. The summed E-state index contributed by atoms with van der Waals surface area (Å²) in [6.07, 6.45) is 2.86. The van der Waals surface area contributed by atoms with Crippen molar-refractivity contribution in [2.75, 3.05) is 13.1 Å². The number of carbonyl (C=O) groups is 2. The predicted molar refractivity (Wildman–Crippen MR) is 80.9 cm³/mol. The van der Waals surface area contributed by atoms with Crippen LogP contribution in [0.2, 0.25) is 0 Å². The fraction of sp³-hybridized carbons (Fsp3) is 0.500. The second-order valence-electron chi connectivity index (χ2n) is 5.68. The Morgan fingerprint density at radius 1 is 1.19 bits per heavy atom. The van der Waals surface area contributed by atoms with Crippen LogP contribution in [-0.4, -0.2) is 29.8 Å². The van der Waals surface area contributed by atoms with Crippen molar-refractivity contribution in [1.82, 2.24) is 4.90 Å². The first-order valence-electron chi connectivity index (χ1n) is 7.43. The average molecular weight is 289 g/mol. The smallest absolute Gasteiger partial charge is 0.237 e. The number of amides is 2. The zero-order valence-electron chi connectivity index (χ0n) is 12.2. The van der Waals surface area contributed by atoms with E-state index in [1.54, 1.807) is 4.90 Å². The van der Waals surface area contributed by atoms with E-state index in [1.165, 1.54) is 0 Å². The van der Waals surface area contributed by atoms with Crippen LogP contribution in [-0.2, 0) is 16.1 Å². The molecule has 0 unspecified atom stereocenters. The Kier molecular flexibility index (Phi) is 5.33. The summed E-state index contributed by atoms with van der Waals surface area (Å²) in [5, 5.41) is 0. The fourth-order valence-corrected chi connectivity index (χ4v) is 3.08. The van der Waals surface area contributed by atoms with Gasteiger partial charge < -0.3 is 16.4 Å². The molecular weight excluding hydrogens is 266 g/mol. The maximum absolute atomic E-state index is 12.7. The number of nitrogens with zero attached hydrogens (tertiary/aromatic N) is 1. The average Bonchev–Trinajstić information content (AvgIpc) is 2.95. The second-order valence-corrected chi connectivity index (χ2v) is 5.68. The lowest BCUT2D eigenvalue weighted by atomic mass is 9.94. The number of hydrogen-bond donors (Lipinski definition) is 2. The highest BCUT2D eigenvalue weighted by molar-refractivity contribution is 5.85. The van der Waals surface area contributed by atoms with Crippen LogP contribution in [0.5, 0.6) is 0 Å². The van der Waals surface area contributed by atoms with Crippen molar-refractivity contribution in [3.63, 3.8) is 0 Å². The van der Waals surface area contributed by atoms with Crippen LogP contribution in [0.15, 0.2) is 30.3 Å². The van der Waals surface area contributed by atoms with E-state index in [0.717, 1.165) is 24.8 Å². The minimum absolute atomic E-state index is 0.00519. The van der Waals surface area contributed by atoms with E-state index in [1.807, 2.05) is 30.3 Å². The number of hydrogen-bond acceptors (Lipinski definition) is 3. The monoisotopic (exact) mass is 289 g/mol. The summed E-state index contributed by atoms with van der Waals surface area (Å²) in [5.74, 6) is -0.325. The summed E-state index contributed by atoms with van der Waals surface area (Å²) in [6.45, 7) is 0.893. The van der Waals surface area contributed by atoms with Crippen LogP contribution >= 0.6 is 0 Å². The highest BCUT2D eigenvalue weighted by atomic mass is 16.2. The molecule has 0 radical (unpaired) electrons. The molecule has 5 nitrogen and oxygen atoms in total. The molecule has 1 aliphatic carbocycles. The molecule has 1 aliphatic rings. The van der Waals surface area contributed by atoms with Gasteiger partial charge in [-0.3, -0.25) is 9.59 Å². The molecule has 0 bridgehead atoms. The van der Waals surface area contributed by atoms with Crippen molar-refractivity contribution in [1.29, 1.82) is 0 Å². The number of nitrogens with two attached hydrogens (primary N) is 2. The molecule has 0 heterocycles. The van der Waals surface area contributed by atoms with Crippen LogP contribution in [0.25, 0.3) is 0 Å². The molecule has 1 fully saturated rings. The van der Waals surface area contributed by atoms with E-state index in [0.29, 0.717) is 13.1 Å². The van der Waals surface area contributed by atoms with E-state index in [2.05, 4.69) is 0 Å². The van der Waals surface area contributed by atoms with Gasteiger partial charge in [0.2, 0.25) is 11.8 Å². The van der Waals surface area contributed by atoms with E-state index in [-0.39, 0.29) is 24.3 Å². The Balaban J connectivity index is 2.11. The lowest BCUT2D eigenvalue weighted by molar-refractivity contribution is -0.140. The molecule has 0 saturated heterocycles. The van der Waals surface area contributed by atoms with E-state index >= 15 is 0 Å².